The van der Waals surface area contributed by atoms with Crippen molar-refractivity contribution in [3.63, 3.8) is 0 Å². The summed E-state index contributed by atoms with van der Waals surface area (Å²) in [6.45, 7) is 0. The lowest BCUT2D eigenvalue weighted by Gasteiger charge is -2.16. The smallest absolute Gasteiger partial charge is 0.126 e. The topological polar surface area (TPSA) is 89.8 Å². The summed E-state index contributed by atoms with van der Waals surface area (Å²) in [6, 6.07) is 7.65. The number of nitrogen functional groups attached to an aromatic ring is 1. The number of pyridine rings is 2. The van der Waals surface area contributed by atoms with E-state index in [2.05, 4.69) is 15.4 Å². The van der Waals surface area contributed by atoms with Crippen LogP contribution in [0.15, 0.2) is 42.9 Å². The van der Waals surface area contributed by atoms with Gasteiger partial charge in [-0.15, -0.1) is 0 Å². The molecule has 0 saturated heterocycles. The summed E-state index contributed by atoms with van der Waals surface area (Å²) in [5, 5.41) is 0. The summed E-state index contributed by atoms with van der Waals surface area (Å²) in [6.07, 6.45) is 5.88. The lowest BCUT2D eigenvalue weighted by Crippen LogP contribution is -2.29. The zero-order valence-corrected chi connectivity index (χ0v) is 9.38. The number of rotatable bonds is 4. The monoisotopic (exact) mass is 229 g/mol. The van der Waals surface area contributed by atoms with Crippen molar-refractivity contribution < 1.29 is 0 Å². The highest BCUT2D eigenvalue weighted by atomic mass is 15.2. The highest BCUT2D eigenvalue weighted by Gasteiger charge is 2.12. The van der Waals surface area contributed by atoms with Crippen LogP contribution in [0.1, 0.15) is 17.2 Å². The third kappa shape index (κ3) is 2.77. The van der Waals surface area contributed by atoms with Crippen molar-refractivity contribution in [2.24, 2.45) is 5.84 Å². The van der Waals surface area contributed by atoms with Crippen LogP contribution in [0.25, 0.3) is 0 Å². The highest BCUT2D eigenvalue weighted by molar-refractivity contribution is 5.39. The second-order valence-electron chi connectivity index (χ2n) is 3.76. The number of hydrogen-bond acceptors (Lipinski definition) is 5. The third-order valence-corrected chi connectivity index (χ3v) is 2.64. The maximum atomic E-state index is 5.81. The van der Waals surface area contributed by atoms with Gasteiger partial charge in [-0.1, -0.05) is 12.1 Å². The van der Waals surface area contributed by atoms with Crippen molar-refractivity contribution in [3.05, 3.63) is 54.0 Å². The highest BCUT2D eigenvalue weighted by Crippen LogP contribution is 2.19. The first kappa shape index (κ1) is 11.5. The Kier molecular flexibility index (Phi) is 3.64. The fourth-order valence-corrected chi connectivity index (χ4v) is 1.70. The Labute approximate surface area is 99.9 Å². The minimum Gasteiger partial charge on any atom is -0.383 e. The van der Waals surface area contributed by atoms with Crippen LogP contribution in [0.5, 0.6) is 0 Å². The van der Waals surface area contributed by atoms with Gasteiger partial charge in [-0.3, -0.25) is 16.3 Å². The van der Waals surface area contributed by atoms with E-state index >= 15 is 0 Å². The quantitative estimate of drug-likeness (QED) is 0.533. The van der Waals surface area contributed by atoms with Gasteiger partial charge in [-0.05, 0) is 29.7 Å². The molecule has 2 aromatic rings. The van der Waals surface area contributed by atoms with Crippen molar-refractivity contribution in [1.82, 2.24) is 15.4 Å². The molecule has 0 saturated carbocycles. The minimum absolute atomic E-state index is 0.0183. The van der Waals surface area contributed by atoms with Crippen LogP contribution in [-0.4, -0.2) is 9.97 Å². The van der Waals surface area contributed by atoms with Gasteiger partial charge in [0, 0.05) is 18.6 Å². The molecule has 2 heterocycles. The van der Waals surface area contributed by atoms with E-state index in [-0.39, 0.29) is 6.04 Å². The summed E-state index contributed by atoms with van der Waals surface area (Å²) in [5.74, 6) is 6.10. The molecule has 5 nitrogen and oxygen atoms in total. The molecule has 0 aliphatic heterocycles. The van der Waals surface area contributed by atoms with Crippen LogP contribution in [0.4, 0.5) is 5.82 Å². The first-order chi connectivity index (χ1) is 8.31. The fraction of sp³-hybridized carbons (Fsp3) is 0.167. The Balaban J connectivity index is 2.19. The van der Waals surface area contributed by atoms with E-state index in [0.717, 1.165) is 11.1 Å². The lowest BCUT2D eigenvalue weighted by atomic mass is 10.0. The van der Waals surface area contributed by atoms with E-state index in [1.807, 2.05) is 24.3 Å². The number of hydrazine groups is 1. The van der Waals surface area contributed by atoms with Gasteiger partial charge in [-0.25, -0.2) is 4.98 Å². The molecule has 0 fully saturated rings. The van der Waals surface area contributed by atoms with Crippen LogP contribution in [-0.2, 0) is 6.42 Å². The van der Waals surface area contributed by atoms with Crippen molar-refractivity contribution in [1.29, 1.82) is 0 Å². The Morgan fingerprint density at radius 1 is 1.24 bits per heavy atom. The number of nitrogens with two attached hydrogens (primary N) is 2. The molecule has 17 heavy (non-hydrogen) atoms. The van der Waals surface area contributed by atoms with Gasteiger partial charge >= 0.3 is 0 Å². The Morgan fingerprint density at radius 3 is 2.71 bits per heavy atom. The van der Waals surface area contributed by atoms with E-state index in [0.29, 0.717) is 12.2 Å². The van der Waals surface area contributed by atoms with Crippen LogP contribution in [0.3, 0.4) is 0 Å². The molecule has 5 N–H and O–H groups in total. The molecule has 0 spiro atoms. The standard InChI is InChI=1S/C12H15N5/c13-12-9(3-2-6-16-12)7-11(17-14)10-4-1-5-15-8-10/h1-6,8,11,17H,7,14H2,(H2,13,16). The van der Waals surface area contributed by atoms with Crippen LogP contribution < -0.4 is 17.0 Å². The van der Waals surface area contributed by atoms with Gasteiger partial charge < -0.3 is 5.73 Å². The number of anilines is 1. The maximum absolute atomic E-state index is 5.81. The van der Waals surface area contributed by atoms with Crippen LogP contribution >= 0.6 is 0 Å². The van der Waals surface area contributed by atoms with Crippen LogP contribution in [0.2, 0.25) is 0 Å². The van der Waals surface area contributed by atoms with Gasteiger partial charge in [0.05, 0.1) is 6.04 Å². The molecule has 0 amide bonds. The van der Waals surface area contributed by atoms with Crippen molar-refractivity contribution in [2.45, 2.75) is 12.5 Å². The zero-order chi connectivity index (χ0) is 12.1. The largest absolute Gasteiger partial charge is 0.383 e. The molecule has 5 heteroatoms. The second kappa shape index (κ2) is 5.38. The molecule has 1 atom stereocenters. The van der Waals surface area contributed by atoms with E-state index in [1.165, 1.54) is 0 Å². The SMILES string of the molecule is NNC(Cc1cccnc1N)c1cccnc1. The summed E-state index contributed by atoms with van der Waals surface area (Å²) in [5.41, 5.74) is 10.6. The predicted octanol–water partition coefficient (Wildman–Crippen LogP) is 0.806. The number of nitrogens with one attached hydrogen (secondary N) is 1. The van der Waals surface area contributed by atoms with Crippen molar-refractivity contribution >= 4 is 5.82 Å². The summed E-state index contributed by atoms with van der Waals surface area (Å²) in [7, 11) is 0. The Hall–Kier alpha value is -1.98. The predicted molar refractivity (Wildman–Crippen MR) is 66.7 cm³/mol. The van der Waals surface area contributed by atoms with Crippen LogP contribution in [0, 0.1) is 0 Å². The maximum Gasteiger partial charge on any atom is 0.126 e. The number of nitrogens with zero attached hydrogens (tertiary/aromatic N) is 2. The van der Waals surface area contributed by atoms with Gasteiger partial charge in [0.15, 0.2) is 0 Å². The normalized spacial score (nSPS) is 12.3. The van der Waals surface area contributed by atoms with E-state index in [1.54, 1.807) is 18.6 Å². The molecule has 0 aliphatic carbocycles. The Morgan fingerprint density at radius 2 is 2.06 bits per heavy atom. The molecule has 0 bridgehead atoms. The second-order valence-corrected chi connectivity index (χ2v) is 3.76. The van der Waals surface area contributed by atoms with Gasteiger partial charge in [0.25, 0.3) is 0 Å². The van der Waals surface area contributed by atoms with Gasteiger partial charge in [0.1, 0.15) is 5.82 Å². The first-order valence-corrected chi connectivity index (χ1v) is 5.36. The van der Waals surface area contributed by atoms with Gasteiger partial charge in [0.2, 0.25) is 0 Å². The average Bonchev–Trinajstić information content (AvgIpc) is 2.39. The molecular weight excluding hydrogens is 214 g/mol. The molecule has 2 aromatic heterocycles. The molecule has 2 rings (SSSR count). The Bertz CT molecular complexity index is 471. The third-order valence-electron chi connectivity index (χ3n) is 2.64. The summed E-state index contributed by atoms with van der Waals surface area (Å²) >= 11 is 0. The molecule has 0 aromatic carbocycles. The van der Waals surface area contributed by atoms with E-state index < -0.39 is 0 Å². The lowest BCUT2D eigenvalue weighted by molar-refractivity contribution is 0.550. The van der Waals surface area contributed by atoms with Crippen molar-refractivity contribution in [2.75, 3.05) is 5.73 Å². The first-order valence-electron chi connectivity index (χ1n) is 5.36. The molecular formula is C12H15N5. The fourth-order valence-electron chi connectivity index (χ4n) is 1.70. The molecule has 0 radical (unpaired) electrons. The number of hydrogen-bond donors (Lipinski definition) is 3. The molecule has 0 aliphatic rings. The zero-order valence-electron chi connectivity index (χ0n) is 9.38. The summed E-state index contributed by atoms with van der Waals surface area (Å²) in [4.78, 5) is 8.13. The minimum atomic E-state index is -0.0183. The molecule has 88 valence electrons. The van der Waals surface area contributed by atoms with Gasteiger partial charge in [-0.2, -0.15) is 0 Å². The average molecular weight is 229 g/mol. The van der Waals surface area contributed by atoms with E-state index in [4.69, 9.17) is 11.6 Å². The molecule has 1 unspecified atom stereocenters. The van der Waals surface area contributed by atoms with Crippen molar-refractivity contribution in [3.8, 4) is 0 Å². The summed E-state index contributed by atoms with van der Waals surface area (Å²) < 4.78 is 0. The number of aromatic nitrogens is 2. The van der Waals surface area contributed by atoms with E-state index in [9.17, 15) is 0 Å².